The molecule has 0 saturated heterocycles. The minimum absolute atomic E-state index is 0.164. The van der Waals surface area contributed by atoms with Gasteiger partial charge in [-0.2, -0.15) is 10.5 Å². The molecule has 3 heteroatoms. The number of hydrogen-bond donors (Lipinski definition) is 0. The van der Waals surface area contributed by atoms with Crippen molar-refractivity contribution in [2.24, 2.45) is 0 Å². The third-order valence-corrected chi connectivity index (χ3v) is 4.03. The van der Waals surface area contributed by atoms with Crippen LogP contribution in [0.1, 0.15) is 43.6 Å². The van der Waals surface area contributed by atoms with Gasteiger partial charge in [-0.05, 0) is 42.7 Å². The van der Waals surface area contributed by atoms with Crippen molar-refractivity contribution in [2.75, 3.05) is 0 Å². The average Bonchev–Trinajstić information content (AvgIpc) is 2.57. The van der Waals surface area contributed by atoms with E-state index in [1.54, 1.807) is 0 Å². The molecular weight excluding hydrogens is 272 g/mol. The summed E-state index contributed by atoms with van der Waals surface area (Å²) in [6.07, 6.45) is 6.95. The van der Waals surface area contributed by atoms with Gasteiger partial charge in [0, 0.05) is 6.42 Å². The molecule has 0 amide bonds. The Morgan fingerprint density at radius 1 is 1.18 bits per heavy atom. The van der Waals surface area contributed by atoms with Crippen LogP contribution in [0.25, 0.3) is 0 Å². The van der Waals surface area contributed by atoms with E-state index in [1.807, 2.05) is 48.5 Å². The predicted molar refractivity (Wildman–Crippen MR) is 84.7 cm³/mol. The molecule has 1 atom stereocenters. The van der Waals surface area contributed by atoms with E-state index < -0.39 is 0 Å². The molecule has 0 spiro atoms. The van der Waals surface area contributed by atoms with Crippen molar-refractivity contribution in [2.45, 2.75) is 38.0 Å². The first-order valence-electron chi connectivity index (χ1n) is 7.50. The summed E-state index contributed by atoms with van der Waals surface area (Å²) in [4.78, 5) is 11.0. The van der Waals surface area contributed by atoms with Gasteiger partial charge in [-0.1, -0.05) is 42.0 Å². The number of aldehydes is 1. The molecule has 3 nitrogen and oxygen atoms in total. The summed E-state index contributed by atoms with van der Waals surface area (Å²) in [5.41, 5.74) is 3.43. The number of benzene rings is 1. The second-order valence-electron chi connectivity index (χ2n) is 5.49. The zero-order chi connectivity index (χ0) is 15.8. The summed E-state index contributed by atoms with van der Waals surface area (Å²) in [6, 6.07) is 14.0. The first-order chi connectivity index (χ1) is 10.8. The molecule has 0 radical (unpaired) electrons. The zero-order valence-electron chi connectivity index (χ0n) is 12.5. The lowest BCUT2D eigenvalue weighted by Crippen LogP contribution is -2.05. The highest BCUT2D eigenvalue weighted by Crippen LogP contribution is 2.33. The maximum absolute atomic E-state index is 11.0. The van der Waals surface area contributed by atoms with Crippen LogP contribution >= 0.6 is 0 Å². The van der Waals surface area contributed by atoms with E-state index in [-0.39, 0.29) is 11.5 Å². The quantitative estimate of drug-likeness (QED) is 0.603. The standard InChI is InChI=1S/C19H18N2O/c20-13-19(14-21)17-8-4-5-15(11-17)12-18(9-10-22)16-6-2-1-3-7-16/h1-3,6-7,10-11,18H,4-5,8-9,12H2/t18-/m1/s1. The maximum atomic E-state index is 11.0. The monoisotopic (exact) mass is 290 g/mol. The van der Waals surface area contributed by atoms with Crippen LogP contribution in [-0.2, 0) is 4.79 Å². The number of rotatable bonds is 5. The number of carbonyl (C=O) groups excluding carboxylic acids is 1. The lowest BCUT2D eigenvalue weighted by atomic mass is 9.84. The number of nitriles is 2. The van der Waals surface area contributed by atoms with E-state index in [2.05, 4.69) is 0 Å². The third-order valence-electron chi connectivity index (χ3n) is 4.03. The summed E-state index contributed by atoms with van der Waals surface area (Å²) >= 11 is 0. The van der Waals surface area contributed by atoms with E-state index in [9.17, 15) is 4.79 Å². The van der Waals surface area contributed by atoms with E-state index in [0.717, 1.165) is 43.1 Å². The van der Waals surface area contributed by atoms with Crippen LogP contribution in [0.4, 0.5) is 0 Å². The Morgan fingerprint density at radius 2 is 1.91 bits per heavy atom. The normalized spacial score (nSPS) is 15.2. The van der Waals surface area contributed by atoms with Gasteiger partial charge in [0.15, 0.2) is 0 Å². The van der Waals surface area contributed by atoms with Crippen LogP contribution in [0.2, 0.25) is 0 Å². The van der Waals surface area contributed by atoms with Crippen LogP contribution in [0.3, 0.4) is 0 Å². The molecule has 1 aromatic carbocycles. The summed E-state index contributed by atoms with van der Waals surface area (Å²) in [6.45, 7) is 0. The highest BCUT2D eigenvalue weighted by atomic mass is 16.1. The Labute approximate surface area is 131 Å². The lowest BCUT2D eigenvalue weighted by molar-refractivity contribution is -0.108. The fourth-order valence-corrected chi connectivity index (χ4v) is 2.92. The zero-order valence-corrected chi connectivity index (χ0v) is 12.5. The van der Waals surface area contributed by atoms with Crippen molar-refractivity contribution in [3.63, 3.8) is 0 Å². The molecule has 0 saturated carbocycles. The molecule has 0 fully saturated rings. The van der Waals surface area contributed by atoms with Crippen LogP contribution in [0.5, 0.6) is 0 Å². The third kappa shape index (κ3) is 3.93. The summed E-state index contributed by atoms with van der Waals surface area (Å²) < 4.78 is 0. The highest BCUT2D eigenvalue weighted by molar-refractivity contribution is 5.52. The van der Waals surface area contributed by atoms with Gasteiger partial charge in [-0.25, -0.2) is 0 Å². The van der Waals surface area contributed by atoms with Crippen molar-refractivity contribution < 1.29 is 4.79 Å². The molecule has 0 N–H and O–H groups in total. The summed E-state index contributed by atoms with van der Waals surface area (Å²) in [5.74, 6) is 0.164. The van der Waals surface area contributed by atoms with Gasteiger partial charge in [0.05, 0.1) is 0 Å². The lowest BCUT2D eigenvalue weighted by Gasteiger charge is -2.20. The average molecular weight is 290 g/mol. The van der Waals surface area contributed by atoms with Crippen molar-refractivity contribution in [3.8, 4) is 12.1 Å². The minimum Gasteiger partial charge on any atom is -0.303 e. The van der Waals surface area contributed by atoms with Crippen molar-refractivity contribution in [3.05, 3.63) is 58.7 Å². The number of nitrogens with zero attached hydrogens (tertiary/aromatic N) is 2. The van der Waals surface area contributed by atoms with Gasteiger partial charge < -0.3 is 4.79 Å². The highest BCUT2D eigenvalue weighted by Gasteiger charge is 2.17. The van der Waals surface area contributed by atoms with Gasteiger partial charge in [-0.3, -0.25) is 0 Å². The first kappa shape index (κ1) is 15.7. The van der Waals surface area contributed by atoms with E-state index in [1.165, 1.54) is 5.57 Å². The largest absolute Gasteiger partial charge is 0.303 e. The number of allylic oxidation sites excluding steroid dienone is 4. The molecule has 0 aromatic heterocycles. The summed E-state index contributed by atoms with van der Waals surface area (Å²) in [7, 11) is 0. The predicted octanol–water partition coefficient (Wildman–Crippen LogP) is 4.20. The van der Waals surface area contributed by atoms with Crippen LogP contribution in [0.15, 0.2) is 53.1 Å². The Morgan fingerprint density at radius 3 is 2.55 bits per heavy atom. The molecule has 110 valence electrons. The summed E-state index contributed by atoms with van der Waals surface area (Å²) in [5, 5.41) is 18.0. The second kappa shape index (κ2) is 7.96. The molecular formula is C19H18N2O. The van der Waals surface area contributed by atoms with Crippen LogP contribution < -0.4 is 0 Å². The van der Waals surface area contributed by atoms with Crippen molar-refractivity contribution >= 4 is 6.29 Å². The Kier molecular flexibility index (Phi) is 5.69. The molecule has 0 unspecified atom stereocenters. The van der Waals surface area contributed by atoms with Gasteiger partial charge >= 0.3 is 0 Å². The Balaban J connectivity index is 2.24. The van der Waals surface area contributed by atoms with E-state index in [0.29, 0.717) is 6.42 Å². The van der Waals surface area contributed by atoms with E-state index in [4.69, 9.17) is 10.5 Å². The maximum Gasteiger partial charge on any atom is 0.132 e. The topological polar surface area (TPSA) is 64.7 Å². The molecule has 1 aromatic rings. The van der Waals surface area contributed by atoms with Crippen LogP contribution in [0, 0.1) is 22.7 Å². The molecule has 2 rings (SSSR count). The molecule has 0 heterocycles. The molecule has 0 aliphatic heterocycles. The Bertz CT molecular complexity index is 656. The second-order valence-corrected chi connectivity index (χ2v) is 5.49. The molecule has 1 aliphatic carbocycles. The van der Waals surface area contributed by atoms with Gasteiger partial charge in [0.1, 0.15) is 24.0 Å². The number of hydrogen-bond acceptors (Lipinski definition) is 3. The smallest absolute Gasteiger partial charge is 0.132 e. The van der Waals surface area contributed by atoms with Gasteiger partial charge in [0.25, 0.3) is 0 Å². The Hall–Kier alpha value is -2.65. The first-order valence-corrected chi connectivity index (χ1v) is 7.50. The van der Waals surface area contributed by atoms with Gasteiger partial charge in [-0.15, -0.1) is 0 Å². The van der Waals surface area contributed by atoms with Crippen LogP contribution in [-0.4, -0.2) is 6.29 Å². The molecule has 1 aliphatic rings. The number of carbonyl (C=O) groups is 1. The fraction of sp³-hybridized carbons (Fsp3) is 0.316. The van der Waals surface area contributed by atoms with Crippen molar-refractivity contribution in [1.82, 2.24) is 0 Å². The minimum atomic E-state index is 0.164. The molecule has 0 bridgehead atoms. The van der Waals surface area contributed by atoms with Crippen molar-refractivity contribution in [1.29, 1.82) is 10.5 Å². The fourth-order valence-electron chi connectivity index (χ4n) is 2.92. The van der Waals surface area contributed by atoms with E-state index >= 15 is 0 Å². The SMILES string of the molecule is N#CC(C#N)=C1C=C(C[C@@H](CC=O)c2ccccc2)CCC1. The van der Waals surface area contributed by atoms with Gasteiger partial charge in [0.2, 0.25) is 0 Å². The molecule has 22 heavy (non-hydrogen) atoms.